The second kappa shape index (κ2) is 6.75. The molecule has 0 aliphatic carbocycles. The van der Waals surface area contributed by atoms with Crippen molar-refractivity contribution in [2.45, 2.75) is 6.42 Å². The summed E-state index contributed by atoms with van der Waals surface area (Å²) in [6.07, 6.45) is 2.72. The van der Waals surface area contributed by atoms with Crippen molar-refractivity contribution in [3.63, 3.8) is 0 Å². The Hall–Kier alpha value is -2.47. The Morgan fingerprint density at radius 2 is 1.91 bits per heavy atom. The van der Waals surface area contributed by atoms with Gasteiger partial charge in [-0.1, -0.05) is 34.1 Å². The summed E-state index contributed by atoms with van der Waals surface area (Å²) in [6.45, 7) is 0. The second-order valence-corrected chi connectivity index (χ2v) is 5.82. The van der Waals surface area contributed by atoms with E-state index in [1.54, 1.807) is 24.3 Å². The smallest absolute Gasteiger partial charge is 0.228 e. The first-order valence-electron chi connectivity index (χ1n) is 6.96. The highest BCUT2D eigenvalue weighted by Crippen LogP contribution is 2.18. The van der Waals surface area contributed by atoms with Crippen LogP contribution in [0.2, 0.25) is 0 Å². The molecule has 6 heteroatoms. The molecule has 3 aromatic rings. The van der Waals surface area contributed by atoms with E-state index in [4.69, 9.17) is 0 Å². The molecule has 116 valence electrons. The van der Waals surface area contributed by atoms with Crippen molar-refractivity contribution in [1.29, 1.82) is 0 Å². The molecule has 1 amide bonds. The maximum atomic E-state index is 13.0. The van der Waals surface area contributed by atoms with Gasteiger partial charge in [0, 0.05) is 10.2 Å². The SMILES string of the molecule is O=C(Cc1ccccc1Br)Nc1ccc(-n2cc(F)cn2)cc1. The Balaban J connectivity index is 1.66. The van der Waals surface area contributed by atoms with Gasteiger partial charge in [0.15, 0.2) is 5.82 Å². The molecule has 1 N–H and O–H groups in total. The van der Waals surface area contributed by atoms with Crippen molar-refractivity contribution >= 4 is 27.5 Å². The number of halogens is 2. The van der Waals surface area contributed by atoms with E-state index in [9.17, 15) is 9.18 Å². The lowest BCUT2D eigenvalue weighted by Crippen LogP contribution is -2.14. The molecule has 0 fully saturated rings. The molecule has 3 rings (SSSR count). The Morgan fingerprint density at radius 3 is 2.57 bits per heavy atom. The zero-order valence-electron chi connectivity index (χ0n) is 12.0. The van der Waals surface area contributed by atoms with Crippen LogP contribution in [0, 0.1) is 5.82 Å². The summed E-state index contributed by atoms with van der Waals surface area (Å²) in [4.78, 5) is 12.1. The van der Waals surface area contributed by atoms with Gasteiger partial charge in [-0.3, -0.25) is 4.79 Å². The molecule has 0 bridgehead atoms. The van der Waals surface area contributed by atoms with E-state index in [-0.39, 0.29) is 12.3 Å². The van der Waals surface area contributed by atoms with Crippen molar-refractivity contribution in [3.8, 4) is 5.69 Å². The number of hydrogen-bond acceptors (Lipinski definition) is 2. The summed E-state index contributed by atoms with van der Waals surface area (Å²) < 4.78 is 15.3. The minimum absolute atomic E-state index is 0.102. The van der Waals surface area contributed by atoms with Gasteiger partial charge < -0.3 is 5.32 Å². The zero-order valence-corrected chi connectivity index (χ0v) is 13.6. The third-order valence-electron chi connectivity index (χ3n) is 3.28. The lowest BCUT2D eigenvalue weighted by molar-refractivity contribution is -0.115. The summed E-state index contributed by atoms with van der Waals surface area (Å²) in [7, 11) is 0. The molecule has 0 unspecified atom stereocenters. The maximum absolute atomic E-state index is 13.0. The Labute approximate surface area is 141 Å². The van der Waals surface area contributed by atoms with Crippen LogP contribution in [0.5, 0.6) is 0 Å². The minimum atomic E-state index is -0.393. The predicted molar refractivity (Wildman–Crippen MR) is 90.0 cm³/mol. The Kier molecular flexibility index (Phi) is 4.52. The fourth-order valence-corrected chi connectivity index (χ4v) is 2.58. The van der Waals surface area contributed by atoms with E-state index in [1.807, 2.05) is 24.3 Å². The molecule has 2 aromatic carbocycles. The predicted octanol–water partition coefficient (Wildman–Crippen LogP) is 3.96. The summed E-state index contributed by atoms with van der Waals surface area (Å²) >= 11 is 3.43. The van der Waals surface area contributed by atoms with Crippen LogP contribution >= 0.6 is 15.9 Å². The van der Waals surface area contributed by atoms with Gasteiger partial charge in [-0.2, -0.15) is 5.10 Å². The van der Waals surface area contributed by atoms with Gasteiger partial charge in [0.25, 0.3) is 0 Å². The number of anilines is 1. The minimum Gasteiger partial charge on any atom is -0.326 e. The fraction of sp³-hybridized carbons (Fsp3) is 0.0588. The van der Waals surface area contributed by atoms with Gasteiger partial charge in [-0.05, 0) is 35.9 Å². The topological polar surface area (TPSA) is 46.9 Å². The van der Waals surface area contributed by atoms with E-state index >= 15 is 0 Å². The van der Waals surface area contributed by atoms with Crippen molar-refractivity contribution < 1.29 is 9.18 Å². The monoisotopic (exact) mass is 373 g/mol. The van der Waals surface area contributed by atoms with Crippen molar-refractivity contribution in [1.82, 2.24) is 9.78 Å². The third kappa shape index (κ3) is 3.84. The van der Waals surface area contributed by atoms with Gasteiger partial charge in [0.2, 0.25) is 5.91 Å². The van der Waals surface area contributed by atoms with Crippen molar-refractivity contribution in [3.05, 3.63) is 76.8 Å². The first-order chi connectivity index (χ1) is 11.1. The van der Waals surface area contributed by atoms with Crippen LogP contribution in [-0.2, 0) is 11.2 Å². The van der Waals surface area contributed by atoms with Crippen LogP contribution in [-0.4, -0.2) is 15.7 Å². The van der Waals surface area contributed by atoms with Crippen LogP contribution in [0.1, 0.15) is 5.56 Å². The summed E-state index contributed by atoms with van der Waals surface area (Å²) in [5.41, 5.74) is 2.32. The van der Waals surface area contributed by atoms with E-state index in [0.717, 1.165) is 21.9 Å². The molecular formula is C17H13BrFN3O. The molecule has 1 heterocycles. The molecule has 23 heavy (non-hydrogen) atoms. The molecule has 0 saturated heterocycles. The van der Waals surface area contributed by atoms with E-state index in [0.29, 0.717) is 5.69 Å². The number of amides is 1. The number of aromatic nitrogens is 2. The lowest BCUT2D eigenvalue weighted by Gasteiger charge is -2.08. The molecular weight excluding hydrogens is 361 g/mol. The van der Waals surface area contributed by atoms with Crippen LogP contribution in [0.25, 0.3) is 5.69 Å². The number of rotatable bonds is 4. The molecule has 0 atom stereocenters. The molecule has 0 spiro atoms. The summed E-state index contributed by atoms with van der Waals surface area (Å²) in [5, 5.41) is 6.73. The van der Waals surface area contributed by atoms with E-state index < -0.39 is 5.82 Å². The lowest BCUT2D eigenvalue weighted by atomic mass is 10.1. The van der Waals surface area contributed by atoms with Crippen LogP contribution in [0.3, 0.4) is 0 Å². The average molecular weight is 374 g/mol. The number of hydrogen-bond donors (Lipinski definition) is 1. The van der Waals surface area contributed by atoms with Gasteiger partial charge in [0.1, 0.15) is 0 Å². The van der Waals surface area contributed by atoms with Crippen LogP contribution < -0.4 is 5.32 Å². The number of nitrogens with one attached hydrogen (secondary N) is 1. The summed E-state index contributed by atoms with van der Waals surface area (Å²) in [6, 6.07) is 14.6. The number of benzene rings is 2. The Bertz CT molecular complexity index is 830. The standard InChI is InChI=1S/C17H13BrFN3O/c18-16-4-2-1-3-12(16)9-17(23)21-14-5-7-15(8-6-14)22-11-13(19)10-20-22/h1-8,10-11H,9H2,(H,21,23). The first kappa shape index (κ1) is 15.4. The number of carbonyl (C=O) groups excluding carboxylic acids is 1. The Morgan fingerprint density at radius 1 is 1.17 bits per heavy atom. The third-order valence-corrected chi connectivity index (χ3v) is 4.05. The first-order valence-corrected chi connectivity index (χ1v) is 7.75. The molecule has 0 saturated carbocycles. The highest BCUT2D eigenvalue weighted by molar-refractivity contribution is 9.10. The molecule has 4 nitrogen and oxygen atoms in total. The van der Waals surface area contributed by atoms with E-state index in [1.165, 1.54) is 10.9 Å². The number of carbonyl (C=O) groups is 1. The quantitative estimate of drug-likeness (QED) is 0.752. The van der Waals surface area contributed by atoms with Gasteiger partial charge in [0.05, 0.1) is 24.5 Å². The highest BCUT2D eigenvalue weighted by atomic mass is 79.9. The highest BCUT2D eigenvalue weighted by Gasteiger charge is 2.07. The van der Waals surface area contributed by atoms with Crippen molar-refractivity contribution in [2.24, 2.45) is 0 Å². The second-order valence-electron chi connectivity index (χ2n) is 4.97. The van der Waals surface area contributed by atoms with Crippen molar-refractivity contribution in [2.75, 3.05) is 5.32 Å². The maximum Gasteiger partial charge on any atom is 0.228 e. The van der Waals surface area contributed by atoms with Gasteiger partial charge in [-0.25, -0.2) is 9.07 Å². The van der Waals surface area contributed by atoms with E-state index in [2.05, 4.69) is 26.3 Å². The normalized spacial score (nSPS) is 10.5. The molecule has 0 aliphatic heterocycles. The molecule has 0 aliphatic rings. The van der Waals surface area contributed by atoms with Gasteiger partial charge >= 0.3 is 0 Å². The largest absolute Gasteiger partial charge is 0.326 e. The number of nitrogens with zero attached hydrogens (tertiary/aromatic N) is 2. The van der Waals surface area contributed by atoms with Crippen LogP contribution in [0.15, 0.2) is 65.4 Å². The molecule has 1 aromatic heterocycles. The van der Waals surface area contributed by atoms with Gasteiger partial charge in [-0.15, -0.1) is 0 Å². The zero-order chi connectivity index (χ0) is 16.2. The van der Waals surface area contributed by atoms with Crippen LogP contribution in [0.4, 0.5) is 10.1 Å². The summed E-state index contributed by atoms with van der Waals surface area (Å²) in [5.74, 6) is -0.495. The average Bonchev–Trinajstić information content (AvgIpc) is 2.97. The molecule has 0 radical (unpaired) electrons. The fourth-order valence-electron chi connectivity index (χ4n) is 2.16.